The Bertz CT molecular complexity index is 365. The standard InChI is InChI=1S/C12H18ClN3O/c1-9(13)10-3-5-16(6-4-10)11-7-14-8-12(15-11)17-2/h7-10H,3-6H2,1-2H3. The summed E-state index contributed by atoms with van der Waals surface area (Å²) in [7, 11) is 1.61. The molecule has 0 aromatic carbocycles. The number of halogens is 1. The van der Waals surface area contributed by atoms with Crippen molar-refractivity contribution in [1.29, 1.82) is 0 Å². The van der Waals surface area contributed by atoms with Crippen molar-refractivity contribution >= 4 is 17.4 Å². The number of methoxy groups -OCH3 is 1. The maximum absolute atomic E-state index is 6.13. The lowest BCUT2D eigenvalue weighted by Crippen LogP contribution is -2.36. The summed E-state index contributed by atoms with van der Waals surface area (Å²) in [5.41, 5.74) is 0. The molecule has 1 saturated heterocycles. The molecule has 17 heavy (non-hydrogen) atoms. The van der Waals surface area contributed by atoms with E-state index in [1.54, 1.807) is 19.5 Å². The van der Waals surface area contributed by atoms with E-state index in [-0.39, 0.29) is 5.38 Å². The van der Waals surface area contributed by atoms with Gasteiger partial charge in [-0.3, -0.25) is 4.98 Å². The van der Waals surface area contributed by atoms with Crippen LogP contribution in [0.25, 0.3) is 0 Å². The fourth-order valence-electron chi connectivity index (χ4n) is 2.18. The number of ether oxygens (including phenoxy) is 1. The van der Waals surface area contributed by atoms with E-state index in [9.17, 15) is 0 Å². The summed E-state index contributed by atoms with van der Waals surface area (Å²) in [4.78, 5) is 10.8. The molecule has 1 aromatic rings. The second-order valence-electron chi connectivity index (χ2n) is 4.42. The Labute approximate surface area is 107 Å². The largest absolute Gasteiger partial charge is 0.480 e. The lowest BCUT2D eigenvalue weighted by atomic mass is 9.94. The van der Waals surface area contributed by atoms with Gasteiger partial charge in [0, 0.05) is 18.5 Å². The van der Waals surface area contributed by atoms with Crippen molar-refractivity contribution < 1.29 is 4.74 Å². The van der Waals surface area contributed by atoms with Gasteiger partial charge in [-0.15, -0.1) is 11.6 Å². The van der Waals surface area contributed by atoms with Crippen LogP contribution in [0.5, 0.6) is 5.88 Å². The molecule has 94 valence electrons. The van der Waals surface area contributed by atoms with Gasteiger partial charge in [-0.2, -0.15) is 4.98 Å². The number of nitrogens with zero attached hydrogens (tertiary/aromatic N) is 3. The van der Waals surface area contributed by atoms with Gasteiger partial charge in [0.05, 0.1) is 19.5 Å². The maximum Gasteiger partial charge on any atom is 0.233 e. The zero-order valence-corrected chi connectivity index (χ0v) is 11.0. The Balaban J connectivity index is 2.00. The molecule has 0 amide bonds. The molecule has 0 radical (unpaired) electrons. The summed E-state index contributed by atoms with van der Waals surface area (Å²) in [5.74, 6) is 2.08. The third kappa shape index (κ3) is 3.00. The molecule has 5 heteroatoms. The zero-order valence-electron chi connectivity index (χ0n) is 10.3. The van der Waals surface area contributed by atoms with Crippen molar-refractivity contribution in [3.8, 4) is 5.88 Å². The summed E-state index contributed by atoms with van der Waals surface area (Å²) in [6.07, 6.45) is 5.64. The van der Waals surface area contributed by atoms with E-state index < -0.39 is 0 Å². The first-order chi connectivity index (χ1) is 8.20. The predicted octanol–water partition coefficient (Wildman–Crippen LogP) is 2.33. The highest BCUT2D eigenvalue weighted by Gasteiger charge is 2.23. The average molecular weight is 256 g/mol. The van der Waals surface area contributed by atoms with Crippen molar-refractivity contribution in [2.24, 2.45) is 5.92 Å². The normalized spacial score (nSPS) is 19.1. The lowest BCUT2D eigenvalue weighted by molar-refractivity contribution is 0.386. The fourth-order valence-corrected chi connectivity index (χ4v) is 2.43. The second-order valence-corrected chi connectivity index (χ2v) is 5.11. The minimum Gasteiger partial charge on any atom is -0.480 e. The van der Waals surface area contributed by atoms with E-state index in [0.29, 0.717) is 11.8 Å². The van der Waals surface area contributed by atoms with Gasteiger partial charge < -0.3 is 9.64 Å². The van der Waals surface area contributed by atoms with E-state index in [0.717, 1.165) is 31.7 Å². The summed E-state index contributed by atoms with van der Waals surface area (Å²) < 4.78 is 5.08. The molecule has 4 nitrogen and oxygen atoms in total. The molecular formula is C12H18ClN3O. The smallest absolute Gasteiger partial charge is 0.233 e. The number of alkyl halides is 1. The minimum atomic E-state index is 0.258. The molecule has 1 aliphatic heterocycles. The van der Waals surface area contributed by atoms with Crippen LogP contribution in [0.4, 0.5) is 5.82 Å². The molecule has 0 N–H and O–H groups in total. The van der Waals surface area contributed by atoms with E-state index in [4.69, 9.17) is 16.3 Å². The summed E-state index contributed by atoms with van der Waals surface area (Å²) in [6, 6.07) is 0. The van der Waals surface area contributed by atoms with Crippen LogP contribution in [-0.4, -0.2) is 35.5 Å². The van der Waals surface area contributed by atoms with Gasteiger partial charge in [0.2, 0.25) is 5.88 Å². The first kappa shape index (κ1) is 12.4. The molecule has 1 aliphatic rings. The topological polar surface area (TPSA) is 38.2 Å². The number of rotatable bonds is 3. The van der Waals surface area contributed by atoms with Gasteiger partial charge in [0.1, 0.15) is 0 Å². The van der Waals surface area contributed by atoms with Crippen LogP contribution in [0.15, 0.2) is 12.4 Å². The number of anilines is 1. The quantitative estimate of drug-likeness (QED) is 0.777. The van der Waals surface area contributed by atoms with Crippen LogP contribution in [0.1, 0.15) is 19.8 Å². The molecule has 0 spiro atoms. The molecule has 1 aromatic heterocycles. The van der Waals surface area contributed by atoms with E-state index in [1.807, 2.05) is 0 Å². The van der Waals surface area contributed by atoms with Gasteiger partial charge in [0.15, 0.2) is 5.82 Å². The summed E-state index contributed by atoms with van der Waals surface area (Å²) >= 11 is 6.13. The Morgan fingerprint density at radius 1 is 1.41 bits per heavy atom. The van der Waals surface area contributed by atoms with Crippen molar-refractivity contribution in [2.45, 2.75) is 25.1 Å². The summed E-state index contributed by atoms with van der Waals surface area (Å²) in [6.45, 7) is 4.06. The molecule has 0 bridgehead atoms. The number of hydrogen-bond donors (Lipinski definition) is 0. The zero-order chi connectivity index (χ0) is 12.3. The molecule has 1 atom stereocenters. The van der Waals surface area contributed by atoms with E-state index in [2.05, 4.69) is 21.8 Å². The molecular weight excluding hydrogens is 238 g/mol. The van der Waals surface area contributed by atoms with Crippen LogP contribution in [-0.2, 0) is 0 Å². The Hall–Kier alpha value is -1.03. The van der Waals surface area contributed by atoms with Crippen molar-refractivity contribution in [3.63, 3.8) is 0 Å². The van der Waals surface area contributed by atoms with Gasteiger partial charge in [-0.05, 0) is 25.7 Å². The van der Waals surface area contributed by atoms with E-state index in [1.165, 1.54) is 0 Å². The predicted molar refractivity (Wildman–Crippen MR) is 68.8 cm³/mol. The highest BCUT2D eigenvalue weighted by molar-refractivity contribution is 6.20. The molecule has 2 rings (SSSR count). The van der Waals surface area contributed by atoms with E-state index >= 15 is 0 Å². The Kier molecular flexibility index (Phi) is 4.05. The second kappa shape index (κ2) is 5.54. The average Bonchev–Trinajstić information content (AvgIpc) is 2.39. The Morgan fingerprint density at radius 3 is 2.71 bits per heavy atom. The highest BCUT2D eigenvalue weighted by atomic mass is 35.5. The number of aromatic nitrogens is 2. The summed E-state index contributed by atoms with van der Waals surface area (Å²) in [5, 5.41) is 0.258. The number of piperidine rings is 1. The minimum absolute atomic E-state index is 0.258. The third-order valence-corrected chi connectivity index (χ3v) is 3.68. The molecule has 0 saturated carbocycles. The molecule has 0 aliphatic carbocycles. The lowest BCUT2D eigenvalue weighted by Gasteiger charge is -2.33. The van der Waals surface area contributed by atoms with Gasteiger partial charge in [-0.25, -0.2) is 0 Å². The number of hydrogen-bond acceptors (Lipinski definition) is 4. The fraction of sp³-hybridized carbons (Fsp3) is 0.667. The van der Waals surface area contributed by atoms with Gasteiger partial charge in [-0.1, -0.05) is 0 Å². The molecule has 1 fully saturated rings. The molecule has 2 heterocycles. The monoisotopic (exact) mass is 255 g/mol. The van der Waals surface area contributed by atoms with Crippen LogP contribution in [0, 0.1) is 5.92 Å². The third-order valence-electron chi connectivity index (χ3n) is 3.32. The van der Waals surface area contributed by atoms with Crippen molar-refractivity contribution in [3.05, 3.63) is 12.4 Å². The maximum atomic E-state index is 6.13. The van der Waals surface area contributed by atoms with Crippen LogP contribution in [0.2, 0.25) is 0 Å². The first-order valence-corrected chi connectivity index (χ1v) is 6.39. The van der Waals surface area contributed by atoms with Crippen LogP contribution < -0.4 is 9.64 Å². The highest BCUT2D eigenvalue weighted by Crippen LogP contribution is 2.26. The van der Waals surface area contributed by atoms with Crippen molar-refractivity contribution in [1.82, 2.24) is 9.97 Å². The van der Waals surface area contributed by atoms with Crippen LogP contribution in [0.3, 0.4) is 0 Å². The van der Waals surface area contributed by atoms with Crippen LogP contribution >= 0.6 is 11.6 Å². The van der Waals surface area contributed by atoms with Gasteiger partial charge >= 0.3 is 0 Å². The Morgan fingerprint density at radius 2 is 2.12 bits per heavy atom. The first-order valence-electron chi connectivity index (χ1n) is 5.95. The van der Waals surface area contributed by atoms with Gasteiger partial charge in [0.25, 0.3) is 0 Å². The van der Waals surface area contributed by atoms with Crippen molar-refractivity contribution in [2.75, 3.05) is 25.1 Å². The molecule has 1 unspecified atom stereocenters. The SMILES string of the molecule is COc1cncc(N2CCC(C(C)Cl)CC2)n1.